The first-order chi connectivity index (χ1) is 18.1. The summed E-state index contributed by atoms with van der Waals surface area (Å²) in [5.41, 5.74) is 1.13. The van der Waals surface area contributed by atoms with Crippen molar-refractivity contribution < 1.29 is 14.3 Å². The quantitative estimate of drug-likeness (QED) is 0.519. The molecule has 5 rings (SSSR count). The third-order valence-corrected chi connectivity index (χ3v) is 7.28. The molecular weight excluding hydrogens is 466 g/mol. The zero-order valence-corrected chi connectivity index (χ0v) is 20.9. The second-order valence-corrected chi connectivity index (χ2v) is 9.60. The predicted molar refractivity (Wildman–Crippen MR) is 142 cm³/mol. The van der Waals surface area contributed by atoms with Crippen LogP contribution in [0, 0.1) is 11.3 Å². The maximum Gasteiger partial charge on any atom is 0.260 e. The van der Waals surface area contributed by atoms with Crippen LogP contribution in [0.4, 0.5) is 0 Å². The molecule has 0 radical (unpaired) electrons. The average Bonchev–Trinajstić information content (AvgIpc) is 3.20. The van der Waals surface area contributed by atoms with Crippen LogP contribution in [-0.2, 0) is 21.6 Å². The molecule has 3 aliphatic rings. The van der Waals surface area contributed by atoms with Crippen LogP contribution < -0.4 is 10.6 Å². The first-order valence-corrected chi connectivity index (χ1v) is 12.8. The van der Waals surface area contributed by atoms with E-state index in [9.17, 15) is 9.59 Å². The molecule has 8 heteroatoms. The minimum absolute atomic E-state index is 0.0668. The minimum Gasteiger partial charge on any atom is -0.379 e. The van der Waals surface area contributed by atoms with Crippen LogP contribution in [0.5, 0.6) is 0 Å². The van der Waals surface area contributed by atoms with Crippen molar-refractivity contribution >= 4 is 17.8 Å². The van der Waals surface area contributed by atoms with E-state index in [2.05, 4.69) is 21.6 Å². The fourth-order valence-corrected chi connectivity index (χ4v) is 5.28. The maximum atomic E-state index is 14.0. The van der Waals surface area contributed by atoms with Crippen LogP contribution in [0.2, 0.25) is 0 Å². The molecule has 3 N–H and O–H groups in total. The molecule has 2 saturated heterocycles. The Bertz CT molecular complexity index is 1210. The van der Waals surface area contributed by atoms with Gasteiger partial charge in [0.15, 0.2) is 11.5 Å². The molecule has 1 aliphatic carbocycles. The van der Waals surface area contributed by atoms with Crippen molar-refractivity contribution in [1.82, 2.24) is 20.4 Å². The molecule has 192 valence electrons. The number of ether oxygens (including phenoxy) is 1. The Morgan fingerprint density at radius 1 is 1.11 bits per heavy atom. The van der Waals surface area contributed by atoms with Crippen molar-refractivity contribution in [3.8, 4) is 0 Å². The summed E-state index contributed by atoms with van der Waals surface area (Å²) in [7, 11) is 0. The van der Waals surface area contributed by atoms with Crippen LogP contribution in [-0.4, -0.2) is 67.0 Å². The lowest BCUT2D eigenvalue weighted by Gasteiger charge is -2.34. The third kappa shape index (κ3) is 5.21. The Balaban J connectivity index is 1.30. The molecule has 0 aromatic heterocycles. The largest absolute Gasteiger partial charge is 0.379 e. The van der Waals surface area contributed by atoms with E-state index in [0.717, 1.165) is 44.0 Å². The van der Waals surface area contributed by atoms with Crippen LogP contribution in [0.1, 0.15) is 27.9 Å². The predicted octanol–water partition coefficient (Wildman–Crippen LogP) is 2.64. The summed E-state index contributed by atoms with van der Waals surface area (Å²) in [6.45, 7) is 4.78. The van der Waals surface area contributed by atoms with Crippen molar-refractivity contribution in [2.75, 3.05) is 39.4 Å². The smallest absolute Gasteiger partial charge is 0.260 e. The molecular formula is C29H33N5O3. The van der Waals surface area contributed by atoms with Gasteiger partial charge in [0.25, 0.3) is 11.8 Å². The lowest BCUT2D eigenvalue weighted by molar-refractivity contribution is -0.133. The molecule has 2 atom stereocenters. The molecule has 2 unspecified atom stereocenters. The molecule has 8 nitrogen and oxygen atoms in total. The zero-order valence-electron chi connectivity index (χ0n) is 20.9. The summed E-state index contributed by atoms with van der Waals surface area (Å²) >= 11 is 0. The lowest BCUT2D eigenvalue weighted by Crippen LogP contribution is -2.50. The highest BCUT2D eigenvalue weighted by molar-refractivity contribution is 6.08. The standard InChI is InChI=1S/C29H33N5O3/c30-28-32-29(24-10-3-1-4-11-24,25-12-5-2-6-13-25)27(36)34(28)21-22-8-7-9-23(20-22)26(35)31-14-15-33-16-18-37-19-17-33/h1-12,20,25H,13-19,21H2,(H2,30,32)(H,31,35). The van der Waals surface area contributed by atoms with E-state index in [4.69, 9.17) is 10.1 Å². The number of carbonyl (C=O) groups is 2. The van der Waals surface area contributed by atoms with Gasteiger partial charge in [0.2, 0.25) is 0 Å². The van der Waals surface area contributed by atoms with E-state index >= 15 is 0 Å². The van der Waals surface area contributed by atoms with Crippen LogP contribution in [0.3, 0.4) is 0 Å². The molecule has 2 fully saturated rings. The SMILES string of the molecule is N=C1NC(c2ccccc2)(C2C=CC=CC2)C(=O)N1Cc1cccc(C(=O)NCCN2CCOCC2)c1. The maximum absolute atomic E-state index is 14.0. The van der Waals surface area contributed by atoms with Crippen LogP contribution in [0.25, 0.3) is 0 Å². The Morgan fingerprint density at radius 2 is 1.92 bits per heavy atom. The first-order valence-electron chi connectivity index (χ1n) is 12.8. The van der Waals surface area contributed by atoms with Crippen LogP contribution in [0.15, 0.2) is 78.9 Å². The molecule has 0 saturated carbocycles. The number of morpholine rings is 1. The molecule has 2 aromatic carbocycles. The summed E-state index contributed by atoms with van der Waals surface area (Å²) < 4.78 is 5.37. The lowest BCUT2D eigenvalue weighted by atomic mass is 9.75. The summed E-state index contributed by atoms with van der Waals surface area (Å²) in [5.74, 6) is -0.360. The molecule has 0 spiro atoms. The molecule has 0 bridgehead atoms. The second kappa shape index (κ2) is 11.1. The van der Waals surface area contributed by atoms with Gasteiger partial charge in [0.1, 0.15) is 0 Å². The van der Waals surface area contributed by atoms with E-state index < -0.39 is 5.54 Å². The average molecular weight is 500 g/mol. The summed E-state index contributed by atoms with van der Waals surface area (Å²) in [5, 5.41) is 14.9. The number of hydrogen-bond donors (Lipinski definition) is 3. The number of allylic oxidation sites excluding steroid dienone is 3. The van der Waals surface area contributed by atoms with Gasteiger partial charge in [-0.1, -0.05) is 66.8 Å². The fraction of sp³-hybridized carbons (Fsp3) is 0.345. The van der Waals surface area contributed by atoms with Gasteiger partial charge in [-0.2, -0.15) is 0 Å². The van der Waals surface area contributed by atoms with Crippen molar-refractivity contribution in [3.63, 3.8) is 0 Å². The minimum atomic E-state index is -1.05. The normalized spacial score (nSPS) is 23.8. The van der Waals surface area contributed by atoms with Gasteiger partial charge < -0.3 is 15.4 Å². The number of carbonyl (C=O) groups excluding carboxylic acids is 2. The number of guanidine groups is 1. The zero-order chi connectivity index (χ0) is 25.7. The number of rotatable bonds is 8. The van der Waals surface area contributed by atoms with Gasteiger partial charge in [0.05, 0.1) is 19.8 Å². The molecule has 2 heterocycles. The fourth-order valence-electron chi connectivity index (χ4n) is 5.28. The van der Waals surface area contributed by atoms with Gasteiger partial charge in [0, 0.05) is 37.7 Å². The van der Waals surface area contributed by atoms with Gasteiger partial charge in [-0.3, -0.25) is 24.8 Å². The first kappa shape index (κ1) is 24.9. The molecule has 2 aromatic rings. The second-order valence-electron chi connectivity index (χ2n) is 9.60. The highest BCUT2D eigenvalue weighted by Crippen LogP contribution is 2.40. The van der Waals surface area contributed by atoms with Crippen LogP contribution >= 0.6 is 0 Å². The third-order valence-electron chi connectivity index (χ3n) is 7.28. The molecule has 2 amide bonds. The van der Waals surface area contributed by atoms with Gasteiger partial charge >= 0.3 is 0 Å². The van der Waals surface area contributed by atoms with Crippen molar-refractivity contribution in [1.29, 1.82) is 5.41 Å². The van der Waals surface area contributed by atoms with E-state index in [1.807, 2.05) is 60.7 Å². The topological polar surface area (TPSA) is 97.8 Å². The van der Waals surface area contributed by atoms with Crippen molar-refractivity contribution in [3.05, 3.63) is 95.6 Å². The Kier molecular flexibility index (Phi) is 7.48. The number of amides is 2. The highest BCUT2D eigenvalue weighted by atomic mass is 16.5. The van der Waals surface area contributed by atoms with E-state index in [0.29, 0.717) is 18.5 Å². The highest BCUT2D eigenvalue weighted by Gasteiger charge is 2.54. The van der Waals surface area contributed by atoms with E-state index in [1.54, 1.807) is 12.1 Å². The number of nitrogens with zero attached hydrogens (tertiary/aromatic N) is 2. The monoisotopic (exact) mass is 499 g/mol. The Morgan fingerprint density at radius 3 is 2.68 bits per heavy atom. The van der Waals surface area contributed by atoms with Gasteiger partial charge in [-0.05, 0) is 29.7 Å². The molecule has 2 aliphatic heterocycles. The summed E-state index contributed by atoms with van der Waals surface area (Å²) in [6.07, 6.45) is 8.73. The van der Waals surface area contributed by atoms with E-state index in [-0.39, 0.29) is 30.2 Å². The van der Waals surface area contributed by atoms with Crippen molar-refractivity contribution in [2.24, 2.45) is 5.92 Å². The summed E-state index contributed by atoms with van der Waals surface area (Å²) in [6, 6.07) is 16.9. The van der Waals surface area contributed by atoms with E-state index in [1.165, 1.54) is 4.90 Å². The molecule has 37 heavy (non-hydrogen) atoms. The summed E-state index contributed by atoms with van der Waals surface area (Å²) in [4.78, 5) is 30.6. The Labute approximate surface area is 217 Å². The number of nitrogens with one attached hydrogen (secondary N) is 3. The van der Waals surface area contributed by atoms with Crippen molar-refractivity contribution in [2.45, 2.75) is 18.5 Å². The number of benzene rings is 2. The van der Waals surface area contributed by atoms with Gasteiger partial charge in [-0.25, -0.2) is 0 Å². The van der Waals surface area contributed by atoms with Gasteiger partial charge in [-0.15, -0.1) is 0 Å². The number of hydrogen-bond acceptors (Lipinski definition) is 5. The Hall–Kier alpha value is -3.75.